The first-order valence-corrected chi connectivity index (χ1v) is 15.8. The van der Waals surface area contributed by atoms with Gasteiger partial charge in [0.1, 0.15) is 11.2 Å². The van der Waals surface area contributed by atoms with Gasteiger partial charge in [-0.2, -0.15) is 0 Å². The fourth-order valence-corrected chi connectivity index (χ4v) is 8.53. The SMILES string of the molecule is c1ccc2c(c1)oc1ccc(-c3c4ccccc4c(-c4cccc5c4ccc4sc6ccccc6c45)c4ccccc34)cc12. The molecule has 0 bridgehead atoms. The van der Waals surface area contributed by atoms with Gasteiger partial charge in [-0.15, -0.1) is 11.3 Å². The standard InChI is InChI=1S/C42H24OS/c1-3-13-32-30(11-1)40(25-20-22-37-35(24-25)27-10-5-7-18-36(27)43-37)31-12-2-4-14-33(31)41(32)28-16-9-17-29-26(28)21-23-39-42(29)34-15-6-8-19-38(34)44-39/h1-24H. The van der Waals surface area contributed by atoms with E-state index in [2.05, 4.69) is 133 Å². The van der Waals surface area contributed by atoms with Crippen LogP contribution in [0.2, 0.25) is 0 Å². The molecule has 1 nitrogen and oxygen atoms in total. The fourth-order valence-electron chi connectivity index (χ4n) is 7.41. The molecule has 204 valence electrons. The molecule has 8 aromatic carbocycles. The maximum absolute atomic E-state index is 6.19. The molecule has 0 fully saturated rings. The Morgan fingerprint density at radius 3 is 1.75 bits per heavy atom. The van der Waals surface area contributed by atoms with Gasteiger partial charge in [0, 0.05) is 30.9 Å². The molecule has 0 saturated heterocycles. The highest BCUT2D eigenvalue weighted by molar-refractivity contribution is 7.26. The van der Waals surface area contributed by atoms with E-state index in [0.29, 0.717) is 0 Å². The Kier molecular flexibility index (Phi) is 4.94. The van der Waals surface area contributed by atoms with E-state index in [9.17, 15) is 0 Å². The monoisotopic (exact) mass is 576 g/mol. The Bertz CT molecular complexity index is 2720. The van der Waals surface area contributed by atoms with E-state index in [-0.39, 0.29) is 0 Å². The van der Waals surface area contributed by atoms with Gasteiger partial charge >= 0.3 is 0 Å². The third kappa shape index (κ3) is 3.29. The van der Waals surface area contributed by atoms with E-state index in [1.54, 1.807) is 0 Å². The first-order valence-electron chi connectivity index (χ1n) is 15.0. The van der Waals surface area contributed by atoms with Gasteiger partial charge in [0.15, 0.2) is 0 Å². The lowest BCUT2D eigenvalue weighted by atomic mass is 9.84. The number of rotatable bonds is 2. The van der Waals surface area contributed by atoms with E-state index < -0.39 is 0 Å². The minimum absolute atomic E-state index is 0.920. The average Bonchev–Trinajstić information content (AvgIpc) is 3.65. The Morgan fingerprint density at radius 2 is 0.977 bits per heavy atom. The van der Waals surface area contributed by atoms with Crippen LogP contribution in [0.15, 0.2) is 150 Å². The molecule has 0 amide bonds. The molecule has 10 rings (SSSR count). The zero-order valence-corrected chi connectivity index (χ0v) is 24.5. The summed E-state index contributed by atoms with van der Waals surface area (Å²) >= 11 is 1.88. The molecule has 0 unspecified atom stereocenters. The second-order valence-electron chi connectivity index (χ2n) is 11.6. The summed E-state index contributed by atoms with van der Waals surface area (Å²) in [6, 6.07) is 53.1. The Labute approximate surface area is 257 Å². The van der Waals surface area contributed by atoms with Gasteiger partial charge in [-0.05, 0) is 84.9 Å². The van der Waals surface area contributed by atoms with Crippen LogP contribution < -0.4 is 0 Å². The summed E-state index contributed by atoms with van der Waals surface area (Å²) in [7, 11) is 0. The molecule has 0 aliphatic carbocycles. The Hall–Kier alpha value is -5.44. The van der Waals surface area contributed by atoms with E-state index in [0.717, 1.165) is 21.9 Å². The predicted molar refractivity (Wildman–Crippen MR) is 190 cm³/mol. The zero-order chi connectivity index (χ0) is 28.8. The van der Waals surface area contributed by atoms with Crippen LogP contribution >= 0.6 is 11.3 Å². The number of furan rings is 1. The molecular formula is C42H24OS. The van der Waals surface area contributed by atoms with Crippen molar-refractivity contribution >= 4 is 85.8 Å². The van der Waals surface area contributed by atoms with Crippen molar-refractivity contribution in [2.45, 2.75) is 0 Å². The number of hydrogen-bond acceptors (Lipinski definition) is 2. The van der Waals surface area contributed by atoms with Gasteiger partial charge < -0.3 is 4.42 Å². The van der Waals surface area contributed by atoms with Crippen LogP contribution in [-0.4, -0.2) is 0 Å². The highest BCUT2D eigenvalue weighted by Gasteiger charge is 2.19. The van der Waals surface area contributed by atoms with Crippen molar-refractivity contribution in [1.29, 1.82) is 0 Å². The van der Waals surface area contributed by atoms with E-state index >= 15 is 0 Å². The molecular weight excluding hydrogens is 553 g/mol. The lowest BCUT2D eigenvalue weighted by molar-refractivity contribution is 0.669. The summed E-state index contributed by atoms with van der Waals surface area (Å²) < 4.78 is 8.86. The Balaban J connectivity index is 1.32. The summed E-state index contributed by atoms with van der Waals surface area (Å²) in [6.07, 6.45) is 0. The maximum atomic E-state index is 6.19. The zero-order valence-electron chi connectivity index (χ0n) is 23.7. The average molecular weight is 577 g/mol. The predicted octanol–water partition coefficient (Wildman–Crippen LogP) is 12.7. The number of para-hydroxylation sites is 1. The van der Waals surface area contributed by atoms with Crippen LogP contribution in [-0.2, 0) is 0 Å². The lowest BCUT2D eigenvalue weighted by Gasteiger charge is -2.19. The molecule has 0 saturated carbocycles. The van der Waals surface area contributed by atoms with Gasteiger partial charge in [-0.25, -0.2) is 0 Å². The van der Waals surface area contributed by atoms with Crippen LogP contribution in [0.25, 0.3) is 96.7 Å². The van der Waals surface area contributed by atoms with Crippen molar-refractivity contribution in [2.75, 3.05) is 0 Å². The molecule has 0 aliphatic heterocycles. The van der Waals surface area contributed by atoms with Gasteiger partial charge in [0.2, 0.25) is 0 Å². The van der Waals surface area contributed by atoms with Gasteiger partial charge in [0.25, 0.3) is 0 Å². The summed E-state index contributed by atoms with van der Waals surface area (Å²) in [6.45, 7) is 0. The van der Waals surface area contributed by atoms with E-state index in [1.165, 1.54) is 74.7 Å². The number of hydrogen-bond donors (Lipinski definition) is 0. The van der Waals surface area contributed by atoms with Crippen molar-refractivity contribution in [1.82, 2.24) is 0 Å². The van der Waals surface area contributed by atoms with Gasteiger partial charge in [-0.3, -0.25) is 0 Å². The third-order valence-corrected chi connectivity index (χ3v) is 10.4. The number of benzene rings is 8. The molecule has 0 atom stereocenters. The first kappa shape index (κ1) is 24.0. The van der Waals surface area contributed by atoms with Gasteiger partial charge in [-0.1, -0.05) is 115 Å². The number of fused-ring (bicyclic) bond motifs is 10. The van der Waals surface area contributed by atoms with Crippen LogP contribution in [0.3, 0.4) is 0 Å². The molecule has 2 heteroatoms. The fraction of sp³-hybridized carbons (Fsp3) is 0. The topological polar surface area (TPSA) is 13.1 Å². The quantitative estimate of drug-likeness (QED) is 0.187. The molecule has 44 heavy (non-hydrogen) atoms. The summed E-state index contributed by atoms with van der Waals surface area (Å²) in [5, 5.41) is 12.6. The first-order chi connectivity index (χ1) is 21.8. The third-order valence-electron chi connectivity index (χ3n) is 9.27. The normalized spacial score (nSPS) is 12.1. The number of thiophene rings is 1. The highest BCUT2D eigenvalue weighted by Crippen LogP contribution is 2.47. The summed E-state index contributed by atoms with van der Waals surface area (Å²) in [5.41, 5.74) is 6.87. The maximum Gasteiger partial charge on any atom is 0.135 e. The molecule has 10 aromatic rings. The van der Waals surface area contributed by atoms with Crippen molar-refractivity contribution in [3.63, 3.8) is 0 Å². The van der Waals surface area contributed by atoms with Crippen molar-refractivity contribution in [3.05, 3.63) is 146 Å². The van der Waals surface area contributed by atoms with Crippen molar-refractivity contribution in [3.8, 4) is 22.3 Å². The van der Waals surface area contributed by atoms with E-state index in [1.807, 2.05) is 23.5 Å². The smallest absolute Gasteiger partial charge is 0.135 e. The lowest BCUT2D eigenvalue weighted by Crippen LogP contribution is -1.91. The largest absolute Gasteiger partial charge is 0.456 e. The highest BCUT2D eigenvalue weighted by atomic mass is 32.1. The Morgan fingerprint density at radius 1 is 0.364 bits per heavy atom. The van der Waals surface area contributed by atoms with Crippen LogP contribution in [0.1, 0.15) is 0 Å². The molecule has 0 N–H and O–H groups in total. The summed E-state index contributed by atoms with van der Waals surface area (Å²) in [4.78, 5) is 0. The van der Waals surface area contributed by atoms with Gasteiger partial charge in [0.05, 0.1) is 0 Å². The van der Waals surface area contributed by atoms with E-state index in [4.69, 9.17) is 4.42 Å². The molecule has 2 aromatic heterocycles. The van der Waals surface area contributed by atoms with Crippen LogP contribution in [0.4, 0.5) is 0 Å². The van der Waals surface area contributed by atoms with Crippen LogP contribution in [0, 0.1) is 0 Å². The molecule has 0 radical (unpaired) electrons. The second kappa shape index (κ2) is 9.03. The molecule has 0 spiro atoms. The van der Waals surface area contributed by atoms with Crippen molar-refractivity contribution in [2.24, 2.45) is 0 Å². The minimum atomic E-state index is 0.920. The van der Waals surface area contributed by atoms with Crippen molar-refractivity contribution < 1.29 is 4.42 Å². The molecule has 2 heterocycles. The van der Waals surface area contributed by atoms with Crippen LogP contribution in [0.5, 0.6) is 0 Å². The minimum Gasteiger partial charge on any atom is -0.456 e. The summed E-state index contributed by atoms with van der Waals surface area (Å²) in [5.74, 6) is 0. The molecule has 0 aliphatic rings. The second-order valence-corrected chi connectivity index (χ2v) is 12.7.